The van der Waals surface area contributed by atoms with E-state index >= 15 is 0 Å². The zero-order valence-corrected chi connectivity index (χ0v) is 12.8. The van der Waals surface area contributed by atoms with Crippen LogP contribution in [0.3, 0.4) is 0 Å². The second kappa shape index (κ2) is 7.38. The maximum absolute atomic E-state index is 11.5. The van der Waals surface area contributed by atoms with Crippen LogP contribution < -0.4 is 11.5 Å². The fourth-order valence-corrected chi connectivity index (χ4v) is 2.34. The number of fused-ring (bicyclic) bond motifs is 3. The Morgan fingerprint density at radius 2 is 1.52 bits per heavy atom. The van der Waals surface area contributed by atoms with Gasteiger partial charge in [-0.05, 0) is 27.6 Å². The molecule has 0 aliphatic rings. The molecule has 3 aromatic carbocycles. The summed E-state index contributed by atoms with van der Waals surface area (Å²) in [5.74, 6) is -0.762. The van der Waals surface area contributed by atoms with Crippen molar-refractivity contribution in [3.63, 3.8) is 0 Å². The van der Waals surface area contributed by atoms with Crippen molar-refractivity contribution in [1.82, 2.24) is 0 Å². The van der Waals surface area contributed by atoms with Gasteiger partial charge in [-0.25, -0.2) is 0 Å². The van der Waals surface area contributed by atoms with E-state index in [0.29, 0.717) is 5.56 Å². The highest BCUT2D eigenvalue weighted by atomic mass is 16.5. The van der Waals surface area contributed by atoms with Crippen molar-refractivity contribution in [3.8, 4) is 0 Å². The second-order valence-electron chi connectivity index (χ2n) is 4.84. The highest BCUT2D eigenvalue weighted by Crippen LogP contribution is 2.28. The van der Waals surface area contributed by atoms with Gasteiger partial charge in [0, 0.05) is 5.56 Å². The lowest BCUT2D eigenvalue weighted by atomic mass is 9.97. The van der Waals surface area contributed by atoms with Crippen molar-refractivity contribution in [2.24, 2.45) is 11.5 Å². The van der Waals surface area contributed by atoms with Crippen molar-refractivity contribution >= 4 is 33.4 Å². The van der Waals surface area contributed by atoms with E-state index < -0.39 is 0 Å². The van der Waals surface area contributed by atoms with Crippen LogP contribution in [0.1, 0.15) is 10.4 Å². The van der Waals surface area contributed by atoms with Crippen molar-refractivity contribution < 1.29 is 14.3 Å². The van der Waals surface area contributed by atoms with Crippen LogP contribution in [0.15, 0.2) is 54.6 Å². The number of carbonyl (C=O) groups is 2. The van der Waals surface area contributed by atoms with Crippen LogP contribution in [0, 0.1) is 0 Å². The first kappa shape index (κ1) is 16.5. The third-order valence-corrected chi connectivity index (χ3v) is 3.43. The first-order valence-electron chi connectivity index (χ1n) is 7.05. The SMILES string of the molecule is COC(=O)CN.NC(=O)c1cc2ccccc2c2ccccc12. The fourth-order valence-electron chi connectivity index (χ4n) is 2.34. The molecule has 3 rings (SSSR count). The van der Waals surface area contributed by atoms with Gasteiger partial charge in [0.25, 0.3) is 0 Å². The van der Waals surface area contributed by atoms with Crippen molar-refractivity contribution in [1.29, 1.82) is 0 Å². The number of amides is 1. The van der Waals surface area contributed by atoms with Gasteiger partial charge in [-0.2, -0.15) is 0 Å². The lowest BCUT2D eigenvalue weighted by Gasteiger charge is -2.07. The first-order valence-corrected chi connectivity index (χ1v) is 7.05. The van der Waals surface area contributed by atoms with E-state index in [-0.39, 0.29) is 18.4 Å². The molecule has 5 heteroatoms. The summed E-state index contributed by atoms with van der Waals surface area (Å²) in [4.78, 5) is 21.3. The third-order valence-electron chi connectivity index (χ3n) is 3.43. The van der Waals surface area contributed by atoms with Crippen LogP contribution in [-0.2, 0) is 9.53 Å². The maximum Gasteiger partial charge on any atom is 0.319 e. The summed E-state index contributed by atoms with van der Waals surface area (Å²) < 4.78 is 4.14. The molecular weight excluding hydrogens is 292 g/mol. The number of nitrogens with two attached hydrogens (primary N) is 2. The topological polar surface area (TPSA) is 95.4 Å². The summed E-state index contributed by atoms with van der Waals surface area (Å²) in [6.07, 6.45) is 0. The molecule has 0 saturated heterocycles. The van der Waals surface area contributed by atoms with Crippen LogP contribution in [-0.4, -0.2) is 25.5 Å². The monoisotopic (exact) mass is 310 g/mol. The van der Waals surface area contributed by atoms with E-state index in [0.717, 1.165) is 21.5 Å². The smallest absolute Gasteiger partial charge is 0.319 e. The lowest BCUT2D eigenvalue weighted by Crippen LogP contribution is -2.14. The van der Waals surface area contributed by atoms with E-state index in [1.165, 1.54) is 7.11 Å². The van der Waals surface area contributed by atoms with Crippen molar-refractivity contribution in [3.05, 3.63) is 60.2 Å². The molecule has 0 unspecified atom stereocenters. The molecule has 0 heterocycles. The molecule has 0 spiro atoms. The molecule has 0 aliphatic carbocycles. The lowest BCUT2D eigenvalue weighted by molar-refractivity contribution is -0.138. The first-order chi connectivity index (χ1) is 11.1. The molecule has 0 bridgehead atoms. The van der Waals surface area contributed by atoms with E-state index in [9.17, 15) is 9.59 Å². The number of hydrogen-bond acceptors (Lipinski definition) is 4. The van der Waals surface area contributed by atoms with Gasteiger partial charge >= 0.3 is 5.97 Å². The predicted molar refractivity (Wildman–Crippen MR) is 91.0 cm³/mol. The predicted octanol–water partition coefficient (Wildman–Crippen LogP) is 2.21. The summed E-state index contributed by atoms with van der Waals surface area (Å²) in [5.41, 5.74) is 10.8. The number of methoxy groups -OCH3 is 1. The molecule has 4 N–H and O–H groups in total. The van der Waals surface area contributed by atoms with Crippen molar-refractivity contribution in [2.45, 2.75) is 0 Å². The zero-order valence-electron chi connectivity index (χ0n) is 12.8. The molecule has 23 heavy (non-hydrogen) atoms. The van der Waals surface area contributed by atoms with Crippen LogP contribution in [0.25, 0.3) is 21.5 Å². The quantitative estimate of drug-likeness (QED) is 0.560. The number of carbonyl (C=O) groups excluding carboxylic acids is 2. The summed E-state index contributed by atoms with van der Waals surface area (Å²) in [6, 6.07) is 17.7. The average molecular weight is 310 g/mol. The van der Waals surface area contributed by atoms with E-state index in [1.807, 2.05) is 48.5 Å². The summed E-state index contributed by atoms with van der Waals surface area (Å²) >= 11 is 0. The Labute approximate surface area is 133 Å². The number of rotatable bonds is 2. The molecule has 1 amide bonds. The Bertz CT molecular complexity index is 853. The molecule has 0 radical (unpaired) electrons. The summed E-state index contributed by atoms with van der Waals surface area (Å²) in [6.45, 7) is -0.0312. The Morgan fingerprint density at radius 1 is 0.957 bits per heavy atom. The number of primary amides is 1. The molecule has 0 aromatic heterocycles. The van der Waals surface area contributed by atoms with E-state index in [1.54, 1.807) is 0 Å². The van der Waals surface area contributed by atoms with E-state index in [4.69, 9.17) is 11.5 Å². The average Bonchev–Trinajstić information content (AvgIpc) is 2.60. The standard InChI is InChI=1S/C15H11NO.C3H7NO2/c16-15(17)14-9-10-5-1-2-6-11(10)12-7-3-4-8-13(12)14;1-6-3(5)2-4/h1-9H,(H2,16,17);2,4H2,1H3. The second-order valence-corrected chi connectivity index (χ2v) is 4.84. The molecule has 118 valence electrons. The normalized spacial score (nSPS) is 10.0. The van der Waals surface area contributed by atoms with Crippen LogP contribution in [0.4, 0.5) is 0 Å². The van der Waals surface area contributed by atoms with Gasteiger partial charge in [-0.15, -0.1) is 0 Å². The fraction of sp³-hybridized carbons (Fsp3) is 0.111. The van der Waals surface area contributed by atoms with Gasteiger partial charge in [0.15, 0.2) is 0 Å². The van der Waals surface area contributed by atoms with Gasteiger partial charge in [-0.1, -0.05) is 48.5 Å². The highest BCUT2D eigenvalue weighted by molar-refractivity contribution is 6.16. The largest absolute Gasteiger partial charge is 0.468 e. The number of ether oxygens (including phenoxy) is 1. The minimum absolute atomic E-state index is 0.0312. The van der Waals surface area contributed by atoms with Gasteiger partial charge in [0.2, 0.25) is 5.91 Å². The third kappa shape index (κ3) is 3.64. The van der Waals surface area contributed by atoms with Crippen molar-refractivity contribution in [2.75, 3.05) is 13.7 Å². The number of hydrogen-bond donors (Lipinski definition) is 2. The summed E-state index contributed by atoms with van der Waals surface area (Å²) in [7, 11) is 1.30. The van der Waals surface area contributed by atoms with Crippen LogP contribution >= 0.6 is 0 Å². The molecule has 0 fully saturated rings. The molecule has 5 nitrogen and oxygen atoms in total. The Morgan fingerprint density at radius 3 is 2.04 bits per heavy atom. The van der Waals surface area contributed by atoms with Gasteiger partial charge < -0.3 is 16.2 Å². The van der Waals surface area contributed by atoms with Crippen LogP contribution in [0.2, 0.25) is 0 Å². The zero-order chi connectivity index (χ0) is 16.8. The van der Waals surface area contributed by atoms with Gasteiger partial charge in [-0.3, -0.25) is 9.59 Å². The maximum atomic E-state index is 11.5. The molecule has 3 aromatic rings. The minimum atomic E-state index is -0.382. The van der Waals surface area contributed by atoms with Crippen LogP contribution in [0.5, 0.6) is 0 Å². The Balaban J connectivity index is 0.000000277. The number of benzene rings is 3. The molecule has 0 aliphatic heterocycles. The Kier molecular flexibility index (Phi) is 5.28. The summed E-state index contributed by atoms with van der Waals surface area (Å²) in [5, 5.41) is 4.17. The molecule has 0 saturated carbocycles. The minimum Gasteiger partial charge on any atom is -0.468 e. The Hall–Kier alpha value is -2.92. The van der Waals surface area contributed by atoms with Gasteiger partial charge in [0.1, 0.15) is 0 Å². The highest BCUT2D eigenvalue weighted by Gasteiger charge is 2.09. The molecule has 0 atom stereocenters. The number of esters is 1. The van der Waals surface area contributed by atoms with E-state index in [2.05, 4.69) is 10.8 Å². The van der Waals surface area contributed by atoms with Gasteiger partial charge in [0.05, 0.1) is 13.7 Å². The molecular formula is C18H18N2O3.